The molecule has 0 aromatic carbocycles. The minimum atomic E-state index is 0.141. The van der Waals surface area contributed by atoms with Gasteiger partial charge < -0.3 is 10.6 Å². The molecule has 0 spiro atoms. The van der Waals surface area contributed by atoms with E-state index in [1.54, 1.807) is 0 Å². The zero-order valence-electron chi connectivity index (χ0n) is 14.2. The average molecular weight is 325 g/mol. The summed E-state index contributed by atoms with van der Waals surface area (Å²) in [5, 5.41) is 0. The van der Waals surface area contributed by atoms with Crippen LogP contribution < -0.4 is 5.73 Å². The molecule has 0 saturated carbocycles. The van der Waals surface area contributed by atoms with Gasteiger partial charge in [-0.3, -0.25) is 9.78 Å². The number of hydrogen-bond donors (Lipinski definition) is 1. The number of aromatic nitrogens is 3. The van der Waals surface area contributed by atoms with Gasteiger partial charge in [-0.05, 0) is 50.3 Å². The van der Waals surface area contributed by atoms with Crippen molar-refractivity contribution in [2.45, 2.75) is 39.0 Å². The molecule has 6 nitrogen and oxygen atoms in total. The fourth-order valence-electron chi connectivity index (χ4n) is 3.38. The summed E-state index contributed by atoms with van der Waals surface area (Å²) in [5.74, 6) is 0.919. The highest BCUT2D eigenvalue weighted by Gasteiger charge is 2.24. The molecule has 24 heavy (non-hydrogen) atoms. The summed E-state index contributed by atoms with van der Waals surface area (Å²) in [7, 11) is 0. The molecule has 1 aliphatic rings. The Hall–Kier alpha value is -2.50. The standard InChI is InChI=1S/C18H23N5O/c1-12-16(13(2)22-18(19)21-12)11-17(24)23-9-5-15(6-10-23)14-3-7-20-8-4-14/h3-4,7-8,15H,5-6,9-11H2,1-2H3,(H2,19,21,22). The smallest absolute Gasteiger partial charge is 0.227 e. The van der Waals surface area contributed by atoms with Crippen molar-refractivity contribution < 1.29 is 4.79 Å². The van der Waals surface area contributed by atoms with E-state index in [0.717, 1.165) is 42.9 Å². The Morgan fingerprint density at radius 3 is 2.33 bits per heavy atom. The van der Waals surface area contributed by atoms with E-state index < -0.39 is 0 Å². The fourth-order valence-corrected chi connectivity index (χ4v) is 3.38. The first kappa shape index (κ1) is 16.4. The van der Waals surface area contributed by atoms with Crippen LogP contribution >= 0.6 is 0 Å². The number of nitrogens with two attached hydrogens (primary N) is 1. The van der Waals surface area contributed by atoms with Gasteiger partial charge in [0, 0.05) is 42.4 Å². The monoisotopic (exact) mass is 325 g/mol. The van der Waals surface area contributed by atoms with Crippen molar-refractivity contribution in [2.24, 2.45) is 0 Å². The fraction of sp³-hybridized carbons (Fsp3) is 0.444. The molecular formula is C18H23N5O. The van der Waals surface area contributed by atoms with E-state index in [4.69, 9.17) is 5.73 Å². The second-order valence-electron chi connectivity index (χ2n) is 6.34. The van der Waals surface area contributed by atoms with Crippen molar-refractivity contribution in [3.05, 3.63) is 47.0 Å². The predicted octanol–water partition coefficient (Wildman–Crippen LogP) is 2.02. The topological polar surface area (TPSA) is 85.0 Å². The van der Waals surface area contributed by atoms with Gasteiger partial charge in [-0.25, -0.2) is 9.97 Å². The first-order valence-electron chi connectivity index (χ1n) is 8.32. The first-order chi connectivity index (χ1) is 11.5. The summed E-state index contributed by atoms with van der Waals surface area (Å²) in [4.78, 5) is 27.0. The summed E-state index contributed by atoms with van der Waals surface area (Å²) in [5.41, 5.74) is 9.44. The molecule has 3 heterocycles. The molecular weight excluding hydrogens is 302 g/mol. The van der Waals surface area contributed by atoms with E-state index in [1.165, 1.54) is 5.56 Å². The summed E-state index contributed by atoms with van der Waals surface area (Å²) < 4.78 is 0. The van der Waals surface area contributed by atoms with Crippen LogP contribution in [0, 0.1) is 13.8 Å². The van der Waals surface area contributed by atoms with Crippen molar-refractivity contribution in [1.82, 2.24) is 19.9 Å². The molecule has 2 N–H and O–H groups in total. The van der Waals surface area contributed by atoms with Crippen molar-refractivity contribution in [1.29, 1.82) is 0 Å². The molecule has 0 unspecified atom stereocenters. The third kappa shape index (κ3) is 3.53. The lowest BCUT2D eigenvalue weighted by atomic mass is 9.90. The Morgan fingerprint density at radius 1 is 1.17 bits per heavy atom. The lowest BCUT2D eigenvalue weighted by molar-refractivity contribution is -0.131. The van der Waals surface area contributed by atoms with Gasteiger partial charge in [0.05, 0.1) is 6.42 Å². The normalized spacial score (nSPS) is 15.5. The maximum absolute atomic E-state index is 12.6. The number of carbonyl (C=O) groups is 1. The number of nitrogen functional groups attached to an aromatic ring is 1. The van der Waals surface area contributed by atoms with Crippen LogP contribution in [0.2, 0.25) is 0 Å². The summed E-state index contributed by atoms with van der Waals surface area (Å²) >= 11 is 0. The molecule has 2 aromatic rings. The maximum Gasteiger partial charge on any atom is 0.227 e. The zero-order valence-corrected chi connectivity index (χ0v) is 14.2. The molecule has 1 amide bonds. The number of amides is 1. The number of pyridine rings is 1. The number of anilines is 1. The highest BCUT2D eigenvalue weighted by Crippen LogP contribution is 2.28. The van der Waals surface area contributed by atoms with Crippen LogP contribution in [-0.4, -0.2) is 38.8 Å². The van der Waals surface area contributed by atoms with Gasteiger partial charge in [0.2, 0.25) is 11.9 Å². The van der Waals surface area contributed by atoms with E-state index in [0.29, 0.717) is 12.3 Å². The quantitative estimate of drug-likeness (QED) is 0.933. The number of nitrogens with zero attached hydrogens (tertiary/aromatic N) is 4. The van der Waals surface area contributed by atoms with Crippen LogP contribution in [-0.2, 0) is 11.2 Å². The van der Waals surface area contributed by atoms with Crippen molar-refractivity contribution in [3.63, 3.8) is 0 Å². The minimum absolute atomic E-state index is 0.141. The number of hydrogen-bond acceptors (Lipinski definition) is 5. The summed E-state index contributed by atoms with van der Waals surface area (Å²) in [6.07, 6.45) is 5.99. The van der Waals surface area contributed by atoms with Gasteiger partial charge in [0.1, 0.15) is 0 Å². The van der Waals surface area contributed by atoms with E-state index in [9.17, 15) is 4.79 Å². The molecule has 0 radical (unpaired) electrons. The van der Waals surface area contributed by atoms with E-state index in [2.05, 4.69) is 27.1 Å². The Bertz CT molecular complexity index is 700. The Kier molecular flexibility index (Phi) is 4.74. The first-order valence-corrected chi connectivity index (χ1v) is 8.32. The molecule has 126 valence electrons. The average Bonchev–Trinajstić information content (AvgIpc) is 2.59. The van der Waals surface area contributed by atoms with Crippen LogP contribution in [0.15, 0.2) is 24.5 Å². The number of piperidine rings is 1. The van der Waals surface area contributed by atoms with E-state index >= 15 is 0 Å². The van der Waals surface area contributed by atoms with Gasteiger partial charge >= 0.3 is 0 Å². The molecule has 1 saturated heterocycles. The van der Waals surface area contributed by atoms with Gasteiger partial charge in [-0.15, -0.1) is 0 Å². The second kappa shape index (κ2) is 6.95. The molecule has 6 heteroatoms. The molecule has 0 aliphatic carbocycles. The summed E-state index contributed by atoms with van der Waals surface area (Å²) in [6.45, 7) is 5.34. The lowest BCUT2D eigenvalue weighted by Crippen LogP contribution is -2.39. The van der Waals surface area contributed by atoms with Crippen LogP contribution in [0.25, 0.3) is 0 Å². The van der Waals surface area contributed by atoms with Gasteiger partial charge in [0.25, 0.3) is 0 Å². The molecule has 1 aliphatic heterocycles. The van der Waals surface area contributed by atoms with Gasteiger partial charge in [-0.2, -0.15) is 0 Å². The number of rotatable bonds is 3. The molecule has 0 bridgehead atoms. The zero-order chi connectivity index (χ0) is 17.1. The third-order valence-corrected chi connectivity index (χ3v) is 4.79. The summed E-state index contributed by atoms with van der Waals surface area (Å²) in [6, 6.07) is 4.14. The van der Waals surface area contributed by atoms with Crippen molar-refractivity contribution >= 4 is 11.9 Å². The predicted molar refractivity (Wildman–Crippen MR) is 92.4 cm³/mol. The number of likely N-dealkylation sites (tertiary alicyclic amines) is 1. The Morgan fingerprint density at radius 2 is 1.75 bits per heavy atom. The SMILES string of the molecule is Cc1nc(N)nc(C)c1CC(=O)N1CCC(c2ccncc2)CC1. The Labute approximate surface area is 142 Å². The van der Waals surface area contributed by atoms with E-state index in [-0.39, 0.29) is 11.9 Å². The van der Waals surface area contributed by atoms with Gasteiger partial charge in [0.15, 0.2) is 0 Å². The van der Waals surface area contributed by atoms with Crippen molar-refractivity contribution in [2.75, 3.05) is 18.8 Å². The van der Waals surface area contributed by atoms with Crippen molar-refractivity contribution in [3.8, 4) is 0 Å². The number of carbonyl (C=O) groups excluding carboxylic acids is 1. The highest BCUT2D eigenvalue weighted by atomic mass is 16.2. The lowest BCUT2D eigenvalue weighted by Gasteiger charge is -2.32. The van der Waals surface area contributed by atoms with Crippen LogP contribution in [0.4, 0.5) is 5.95 Å². The van der Waals surface area contributed by atoms with E-state index in [1.807, 2.05) is 31.1 Å². The molecule has 3 rings (SSSR count). The molecule has 1 fully saturated rings. The van der Waals surface area contributed by atoms with Crippen LogP contribution in [0.3, 0.4) is 0 Å². The third-order valence-electron chi connectivity index (χ3n) is 4.79. The maximum atomic E-state index is 12.6. The highest BCUT2D eigenvalue weighted by molar-refractivity contribution is 5.79. The second-order valence-corrected chi connectivity index (χ2v) is 6.34. The number of aryl methyl sites for hydroxylation is 2. The molecule has 0 atom stereocenters. The molecule has 2 aromatic heterocycles. The minimum Gasteiger partial charge on any atom is -0.368 e. The van der Waals surface area contributed by atoms with Gasteiger partial charge in [-0.1, -0.05) is 0 Å². The van der Waals surface area contributed by atoms with Crippen LogP contribution in [0.1, 0.15) is 41.3 Å². The largest absolute Gasteiger partial charge is 0.368 e. The Balaban J connectivity index is 1.62. The van der Waals surface area contributed by atoms with Crippen LogP contribution in [0.5, 0.6) is 0 Å².